The van der Waals surface area contributed by atoms with Crippen molar-refractivity contribution in [3.8, 4) is 5.75 Å². The summed E-state index contributed by atoms with van der Waals surface area (Å²) in [6.45, 7) is 0. The van der Waals surface area contributed by atoms with E-state index in [0.29, 0.717) is 4.88 Å². The van der Waals surface area contributed by atoms with Crippen LogP contribution < -0.4 is 10.1 Å². The quantitative estimate of drug-likeness (QED) is 0.589. The number of benzene rings is 2. The number of aromatic nitrogens is 3. The van der Waals surface area contributed by atoms with E-state index in [-0.39, 0.29) is 5.91 Å². The molecule has 7 heteroatoms. The predicted octanol–water partition coefficient (Wildman–Crippen LogP) is 3.48. The lowest BCUT2D eigenvalue weighted by atomic mass is 10.1. The number of para-hydroxylation sites is 1. The molecule has 0 aliphatic rings. The van der Waals surface area contributed by atoms with Crippen molar-refractivity contribution in [2.75, 3.05) is 7.11 Å². The molecule has 26 heavy (non-hydrogen) atoms. The van der Waals surface area contributed by atoms with Crippen LogP contribution in [0.3, 0.4) is 0 Å². The lowest BCUT2D eigenvalue weighted by Gasteiger charge is -2.20. The van der Waals surface area contributed by atoms with Crippen LogP contribution in [0.4, 0.5) is 0 Å². The van der Waals surface area contributed by atoms with Gasteiger partial charge in [0, 0.05) is 0 Å². The molecular formula is C19H16N4O2S. The fourth-order valence-electron chi connectivity index (χ4n) is 2.75. The van der Waals surface area contributed by atoms with Crippen LogP contribution in [0.5, 0.6) is 5.75 Å². The largest absolute Gasteiger partial charge is 0.497 e. The Morgan fingerprint density at radius 3 is 2.65 bits per heavy atom. The van der Waals surface area contributed by atoms with Crippen molar-refractivity contribution in [3.05, 3.63) is 76.5 Å². The second kappa shape index (κ2) is 6.97. The summed E-state index contributed by atoms with van der Waals surface area (Å²) in [5.41, 5.74) is 2.50. The summed E-state index contributed by atoms with van der Waals surface area (Å²) >= 11 is 1.40. The Balaban J connectivity index is 1.76. The summed E-state index contributed by atoms with van der Waals surface area (Å²) in [4.78, 5) is 13.3. The van der Waals surface area contributed by atoms with Crippen molar-refractivity contribution < 1.29 is 9.53 Å². The molecule has 0 radical (unpaired) electrons. The fourth-order valence-corrected chi connectivity index (χ4v) is 3.38. The maximum Gasteiger partial charge on any atom is 0.263 e. The first-order chi connectivity index (χ1) is 12.8. The number of ether oxygens (including phenoxy) is 1. The Morgan fingerprint density at radius 1 is 1.12 bits per heavy atom. The second-order valence-electron chi connectivity index (χ2n) is 5.65. The Labute approximate surface area is 154 Å². The first-order valence-electron chi connectivity index (χ1n) is 8.04. The molecule has 130 valence electrons. The molecule has 0 aliphatic carbocycles. The molecule has 1 amide bonds. The number of nitrogens with zero attached hydrogens (tertiary/aromatic N) is 3. The first-order valence-corrected chi connectivity index (χ1v) is 8.92. The average Bonchev–Trinajstić information content (AvgIpc) is 3.36. The molecule has 1 atom stereocenters. The number of rotatable bonds is 5. The van der Waals surface area contributed by atoms with E-state index in [9.17, 15) is 4.79 Å². The molecule has 4 aromatic rings. The van der Waals surface area contributed by atoms with Crippen LogP contribution in [0.1, 0.15) is 21.4 Å². The monoisotopic (exact) mass is 364 g/mol. The number of carbonyl (C=O) groups is 1. The molecule has 0 spiro atoms. The normalized spacial score (nSPS) is 12.0. The molecule has 2 heterocycles. The van der Waals surface area contributed by atoms with Gasteiger partial charge in [-0.15, -0.1) is 16.4 Å². The van der Waals surface area contributed by atoms with E-state index >= 15 is 0 Å². The van der Waals surface area contributed by atoms with Crippen LogP contribution >= 0.6 is 11.3 Å². The van der Waals surface area contributed by atoms with Crippen LogP contribution in [-0.4, -0.2) is 28.0 Å². The second-order valence-corrected chi connectivity index (χ2v) is 6.60. The minimum absolute atomic E-state index is 0.152. The standard InChI is InChI=1S/C19H16N4O2S/c1-25-14-10-8-13(9-11-14)18(20-19(24)17-7-4-12-26-17)23-16-6-3-2-5-15(16)21-22-23/h2-12,18H,1H3,(H,20,24). The Kier molecular flexibility index (Phi) is 4.37. The zero-order valence-corrected chi connectivity index (χ0v) is 14.8. The van der Waals surface area contributed by atoms with Crippen molar-refractivity contribution in [3.63, 3.8) is 0 Å². The molecule has 6 nitrogen and oxygen atoms in total. The summed E-state index contributed by atoms with van der Waals surface area (Å²) in [5, 5.41) is 13.4. The van der Waals surface area contributed by atoms with E-state index in [1.54, 1.807) is 17.9 Å². The topological polar surface area (TPSA) is 69.0 Å². The van der Waals surface area contributed by atoms with E-state index in [0.717, 1.165) is 22.3 Å². The Bertz CT molecular complexity index is 1030. The van der Waals surface area contributed by atoms with Crippen molar-refractivity contribution in [2.24, 2.45) is 0 Å². The molecule has 0 bridgehead atoms. The van der Waals surface area contributed by atoms with Gasteiger partial charge in [-0.2, -0.15) is 0 Å². The highest BCUT2D eigenvalue weighted by atomic mass is 32.1. The van der Waals surface area contributed by atoms with Crippen LogP contribution in [0.2, 0.25) is 0 Å². The number of nitrogens with one attached hydrogen (secondary N) is 1. The number of hydrogen-bond donors (Lipinski definition) is 1. The van der Waals surface area contributed by atoms with Gasteiger partial charge in [0.2, 0.25) is 0 Å². The SMILES string of the molecule is COc1ccc(C(NC(=O)c2cccs2)n2nnc3ccccc32)cc1. The first kappa shape index (κ1) is 16.3. The van der Waals surface area contributed by atoms with Crippen molar-refractivity contribution >= 4 is 28.3 Å². The molecule has 0 saturated carbocycles. The molecule has 1 N–H and O–H groups in total. The number of amides is 1. The van der Waals surface area contributed by atoms with E-state index in [4.69, 9.17) is 4.74 Å². The number of fused-ring (bicyclic) bond motifs is 1. The van der Waals surface area contributed by atoms with E-state index in [1.165, 1.54) is 11.3 Å². The molecular weight excluding hydrogens is 348 g/mol. The Morgan fingerprint density at radius 2 is 1.92 bits per heavy atom. The summed E-state index contributed by atoms with van der Waals surface area (Å²) < 4.78 is 6.95. The Hall–Kier alpha value is -3.19. The zero-order chi connectivity index (χ0) is 17.9. The van der Waals surface area contributed by atoms with E-state index < -0.39 is 6.17 Å². The van der Waals surface area contributed by atoms with Gasteiger partial charge in [0.15, 0.2) is 6.17 Å². The molecule has 0 saturated heterocycles. The van der Waals surface area contributed by atoms with Gasteiger partial charge in [-0.1, -0.05) is 35.5 Å². The third-order valence-corrected chi connectivity index (χ3v) is 4.93. The summed E-state index contributed by atoms with van der Waals surface area (Å²) in [7, 11) is 1.62. The van der Waals surface area contributed by atoms with Crippen LogP contribution in [0, 0.1) is 0 Å². The van der Waals surface area contributed by atoms with Gasteiger partial charge in [-0.3, -0.25) is 4.79 Å². The maximum absolute atomic E-state index is 12.7. The van der Waals surface area contributed by atoms with Gasteiger partial charge in [0.05, 0.1) is 17.5 Å². The summed E-state index contributed by atoms with van der Waals surface area (Å²) in [6.07, 6.45) is -0.483. The lowest BCUT2D eigenvalue weighted by molar-refractivity contribution is 0.0932. The predicted molar refractivity (Wildman–Crippen MR) is 100 cm³/mol. The molecule has 2 aromatic heterocycles. The molecule has 0 aliphatic heterocycles. The highest BCUT2D eigenvalue weighted by molar-refractivity contribution is 7.12. The highest BCUT2D eigenvalue weighted by Crippen LogP contribution is 2.23. The van der Waals surface area contributed by atoms with Gasteiger partial charge >= 0.3 is 0 Å². The van der Waals surface area contributed by atoms with Gasteiger partial charge in [0.25, 0.3) is 5.91 Å². The summed E-state index contributed by atoms with van der Waals surface area (Å²) in [5.74, 6) is 0.598. The maximum atomic E-state index is 12.7. The number of methoxy groups -OCH3 is 1. The van der Waals surface area contributed by atoms with Gasteiger partial charge in [-0.25, -0.2) is 4.68 Å². The molecule has 0 fully saturated rings. The number of thiophene rings is 1. The van der Waals surface area contributed by atoms with E-state index in [2.05, 4.69) is 15.6 Å². The van der Waals surface area contributed by atoms with E-state index in [1.807, 2.05) is 60.0 Å². The minimum atomic E-state index is -0.483. The van der Waals surface area contributed by atoms with Crippen LogP contribution in [-0.2, 0) is 0 Å². The smallest absolute Gasteiger partial charge is 0.263 e. The molecule has 2 aromatic carbocycles. The number of hydrogen-bond acceptors (Lipinski definition) is 5. The highest BCUT2D eigenvalue weighted by Gasteiger charge is 2.21. The van der Waals surface area contributed by atoms with Crippen molar-refractivity contribution in [1.29, 1.82) is 0 Å². The third-order valence-electron chi connectivity index (χ3n) is 4.07. The lowest BCUT2D eigenvalue weighted by Crippen LogP contribution is -2.33. The summed E-state index contributed by atoms with van der Waals surface area (Å²) in [6, 6.07) is 18.9. The van der Waals surface area contributed by atoms with Crippen LogP contribution in [0.15, 0.2) is 66.0 Å². The zero-order valence-electron chi connectivity index (χ0n) is 14.0. The van der Waals surface area contributed by atoms with Gasteiger partial charge in [-0.05, 0) is 41.3 Å². The third kappa shape index (κ3) is 3.04. The van der Waals surface area contributed by atoms with Gasteiger partial charge in [0.1, 0.15) is 11.3 Å². The van der Waals surface area contributed by atoms with Crippen molar-refractivity contribution in [2.45, 2.75) is 6.17 Å². The number of carbonyl (C=O) groups excluding carboxylic acids is 1. The minimum Gasteiger partial charge on any atom is -0.497 e. The van der Waals surface area contributed by atoms with Crippen LogP contribution in [0.25, 0.3) is 11.0 Å². The fraction of sp³-hybridized carbons (Fsp3) is 0.105. The van der Waals surface area contributed by atoms with Gasteiger partial charge < -0.3 is 10.1 Å². The molecule has 1 unspecified atom stereocenters. The van der Waals surface area contributed by atoms with Crippen molar-refractivity contribution in [1.82, 2.24) is 20.3 Å². The average molecular weight is 364 g/mol. The molecule has 4 rings (SSSR count).